The Morgan fingerprint density at radius 2 is 1.89 bits per heavy atom. The number of carboxylic acids is 1. The monoisotopic (exact) mass is 394 g/mol. The van der Waals surface area contributed by atoms with Gasteiger partial charge in [0.15, 0.2) is 0 Å². The van der Waals surface area contributed by atoms with Gasteiger partial charge in [-0.1, -0.05) is 12.2 Å². The summed E-state index contributed by atoms with van der Waals surface area (Å²) in [7, 11) is 0. The molecule has 0 unspecified atom stereocenters. The third kappa shape index (κ3) is 6.25. The van der Waals surface area contributed by atoms with Crippen molar-refractivity contribution in [1.29, 1.82) is 0 Å². The largest absolute Gasteiger partial charge is 0.493 e. The van der Waals surface area contributed by atoms with Gasteiger partial charge >= 0.3 is 5.97 Å². The van der Waals surface area contributed by atoms with Crippen molar-refractivity contribution in [1.82, 2.24) is 0 Å². The van der Waals surface area contributed by atoms with Crippen molar-refractivity contribution in [3.05, 3.63) is 41.0 Å². The number of alkyl halides is 1. The number of carbonyl (C=O) groups is 1. The van der Waals surface area contributed by atoms with Gasteiger partial charge < -0.3 is 14.9 Å². The number of unbranched alkanes of at least 4 members (excludes halogenated alkanes) is 1. The zero-order chi connectivity index (χ0) is 20.0. The van der Waals surface area contributed by atoms with E-state index in [9.17, 15) is 9.90 Å². The summed E-state index contributed by atoms with van der Waals surface area (Å²) in [5.74, 6) is 0.230. The molecule has 4 nitrogen and oxygen atoms in total. The van der Waals surface area contributed by atoms with Crippen LogP contribution in [0.5, 0.6) is 5.75 Å². The molecule has 0 spiro atoms. The number of hydrogen-bond donors (Lipinski definition) is 2. The highest BCUT2D eigenvalue weighted by Crippen LogP contribution is 2.39. The minimum Gasteiger partial charge on any atom is -0.493 e. The number of benzene rings is 1. The molecule has 1 aromatic rings. The zero-order valence-electron chi connectivity index (χ0n) is 16.5. The van der Waals surface area contributed by atoms with Crippen LogP contribution in [0.2, 0.25) is 0 Å². The molecule has 1 aliphatic carbocycles. The Hall–Kier alpha value is -1.52. The average Bonchev–Trinajstić information content (AvgIpc) is 2.86. The van der Waals surface area contributed by atoms with Gasteiger partial charge in [-0.2, -0.15) is 0 Å². The third-order valence-corrected chi connectivity index (χ3v) is 6.16. The first-order valence-corrected chi connectivity index (χ1v) is 10.1. The van der Waals surface area contributed by atoms with E-state index in [0.717, 1.165) is 18.6 Å². The number of aliphatic hydroxyl groups is 1. The van der Waals surface area contributed by atoms with Crippen LogP contribution >= 0.6 is 11.6 Å². The number of aliphatic carboxylic acids is 1. The van der Waals surface area contributed by atoms with Gasteiger partial charge in [0.2, 0.25) is 0 Å². The van der Waals surface area contributed by atoms with Crippen LogP contribution in [0.1, 0.15) is 48.8 Å². The van der Waals surface area contributed by atoms with Crippen molar-refractivity contribution in [2.24, 2.45) is 11.8 Å². The maximum atomic E-state index is 10.5. The average molecular weight is 395 g/mol. The lowest BCUT2D eigenvalue weighted by Crippen LogP contribution is -2.27. The Morgan fingerprint density at radius 3 is 2.52 bits per heavy atom. The normalized spacial score (nSPS) is 25.2. The van der Waals surface area contributed by atoms with Crippen LogP contribution in [0.3, 0.4) is 0 Å². The van der Waals surface area contributed by atoms with E-state index < -0.39 is 12.1 Å². The second-order valence-corrected chi connectivity index (χ2v) is 8.19. The first kappa shape index (κ1) is 21.8. The Labute approximate surface area is 167 Å². The zero-order valence-corrected chi connectivity index (χ0v) is 17.2. The Morgan fingerprint density at radius 1 is 1.22 bits per heavy atom. The lowest BCUT2D eigenvalue weighted by Gasteiger charge is -2.23. The first-order chi connectivity index (χ1) is 12.8. The molecule has 0 aromatic heterocycles. The van der Waals surface area contributed by atoms with Gasteiger partial charge in [-0.15, -0.1) is 11.6 Å². The number of aryl methyl sites for hydroxylation is 2. The molecular weight excluding hydrogens is 364 g/mol. The van der Waals surface area contributed by atoms with E-state index in [-0.39, 0.29) is 23.6 Å². The molecule has 1 aromatic carbocycles. The molecule has 1 fully saturated rings. The minimum atomic E-state index is -0.762. The summed E-state index contributed by atoms with van der Waals surface area (Å²) < 4.78 is 6.02. The maximum Gasteiger partial charge on any atom is 0.303 e. The molecule has 4 atom stereocenters. The van der Waals surface area contributed by atoms with Crippen LogP contribution in [0.25, 0.3) is 0 Å². The molecule has 5 heteroatoms. The highest BCUT2D eigenvalue weighted by atomic mass is 35.5. The highest BCUT2D eigenvalue weighted by Gasteiger charge is 2.41. The fourth-order valence-corrected chi connectivity index (χ4v) is 4.18. The topological polar surface area (TPSA) is 66.8 Å². The minimum absolute atomic E-state index is 0.00177. The second kappa shape index (κ2) is 10.1. The number of ether oxygens (including phenoxy) is 1. The van der Waals surface area contributed by atoms with Gasteiger partial charge in [0.05, 0.1) is 12.7 Å². The lowest BCUT2D eigenvalue weighted by atomic mass is 9.92. The van der Waals surface area contributed by atoms with Gasteiger partial charge in [0.1, 0.15) is 5.75 Å². The molecule has 0 radical (unpaired) electrons. The summed E-state index contributed by atoms with van der Waals surface area (Å²) in [5, 5.41) is 19.0. The number of halogens is 1. The molecule has 0 aliphatic heterocycles. The highest BCUT2D eigenvalue weighted by molar-refractivity contribution is 6.21. The fourth-order valence-electron chi connectivity index (χ4n) is 3.71. The van der Waals surface area contributed by atoms with E-state index in [1.165, 1.54) is 16.7 Å². The van der Waals surface area contributed by atoms with Gasteiger partial charge in [-0.05, 0) is 81.2 Å². The van der Waals surface area contributed by atoms with E-state index in [2.05, 4.69) is 26.8 Å². The van der Waals surface area contributed by atoms with Crippen molar-refractivity contribution < 1.29 is 19.7 Å². The summed E-state index contributed by atoms with van der Waals surface area (Å²) in [6.45, 7) is 6.70. The van der Waals surface area contributed by atoms with Gasteiger partial charge in [0, 0.05) is 17.7 Å². The number of hydrogen-bond acceptors (Lipinski definition) is 3. The number of carboxylic acid groups (broad SMARTS) is 1. The predicted molar refractivity (Wildman–Crippen MR) is 109 cm³/mol. The van der Waals surface area contributed by atoms with E-state index in [4.69, 9.17) is 21.4 Å². The quantitative estimate of drug-likeness (QED) is 0.359. The van der Waals surface area contributed by atoms with E-state index in [0.29, 0.717) is 19.4 Å². The molecule has 27 heavy (non-hydrogen) atoms. The van der Waals surface area contributed by atoms with Crippen LogP contribution in [0, 0.1) is 32.6 Å². The summed E-state index contributed by atoms with van der Waals surface area (Å²) in [5.41, 5.74) is 3.68. The third-order valence-electron chi connectivity index (χ3n) is 5.65. The summed E-state index contributed by atoms with van der Waals surface area (Å²) in [6, 6.07) is 4.08. The van der Waals surface area contributed by atoms with Crippen LogP contribution in [0.4, 0.5) is 0 Å². The van der Waals surface area contributed by atoms with Crippen LogP contribution < -0.4 is 4.74 Å². The summed E-state index contributed by atoms with van der Waals surface area (Å²) >= 11 is 6.48. The number of allylic oxidation sites excluding steroid dienone is 2. The van der Waals surface area contributed by atoms with Crippen molar-refractivity contribution in [2.75, 3.05) is 6.61 Å². The van der Waals surface area contributed by atoms with E-state index >= 15 is 0 Å². The van der Waals surface area contributed by atoms with Crippen molar-refractivity contribution in [2.45, 2.75) is 64.4 Å². The molecular formula is C22H31ClO4. The molecule has 0 bridgehead atoms. The molecule has 0 amide bonds. The molecule has 0 saturated heterocycles. The predicted octanol–water partition coefficient (Wildman–Crippen LogP) is 4.80. The van der Waals surface area contributed by atoms with Crippen LogP contribution in [-0.2, 0) is 4.79 Å². The van der Waals surface area contributed by atoms with E-state index in [1.54, 1.807) is 0 Å². The van der Waals surface area contributed by atoms with Gasteiger partial charge in [-0.3, -0.25) is 4.79 Å². The Kier molecular flexibility index (Phi) is 8.18. The SMILES string of the molecule is Cc1cc(OC[C@@H]2[C@@H](CC=CCCCC(=O)O)[C@H](Cl)C[C@H]2O)cc(C)c1C. The fraction of sp³-hybridized carbons (Fsp3) is 0.591. The van der Waals surface area contributed by atoms with Gasteiger partial charge in [-0.25, -0.2) is 0 Å². The first-order valence-electron chi connectivity index (χ1n) is 9.69. The molecule has 1 saturated carbocycles. The van der Waals surface area contributed by atoms with Crippen LogP contribution in [0.15, 0.2) is 24.3 Å². The standard InChI is InChI=1S/C22H31ClO4/c1-14-10-17(11-15(2)16(14)3)27-13-19-18(20(23)12-21(19)24)8-6-4-5-7-9-22(25)26/h4,6,10-11,18-21,24H,5,7-9,12-13H2,1-3H3,(H,25,26)/t18-,19-,20-,21-/m1/s1. The molecule has 2 N–H and O–H groups in total. The van der Waals surface area contributed by atoms with Crippen molar-refractivity contribution >= 4 is 17.6 Å². The van der Waals surface area contributed by atoms with Crippen molar-refractivity contribution in [3.63, 3.8) is 0 Å². The molecule has 1 aliphatic rings. The number of rotatable bonds is 9. The number of aliphatic hydroxyl groups excluding tert-OH is 1. The molecule has 150 valence electrons. The molecule has 0 heterocycles. The Balaban J connectivity index is 1.91. The van der Waals surface area contributed by atoms with Crippen LogP contribution in [-0.4, -0.2) is 34.3 Å². The lowest BCUT2D eigenvalue weighted by molar-refractivity contribution is -0.137. The van der Waals surface area contributed by atoms with Crippen molar-refractivity contribution in [3.8, 4) is 5.75 Å². The summed E-state index contributed by atoms with van der Waals surface area (Å²) in [6.07, 6.45) is 6.56. The smallest absolute Gasteiger partial charge is 0.303 e. The Bertz CT molecular complexity index is 647. The van der Waals surface area contributed by atoms with Gasteiger partial charge in [0.25, 0.3) is 0 Å². The summed E-state index contributed by atoms with van der Waals surface area (Å²) in [4.78, 5) is 10.5. The second-order valence-electron chi connectivity index (χ2n) is 7.63. The maximum absolute atomic E-state index is 10.5. The molecule has 2 rings (SSSR count). The van der Waals surface area contributed by atoms with E-state index in [1.807, 2.05) is 18.2 Å².